The minimum Gasteiger partial charge on any atom is -0.368 e. The molecule has 1 aromatic heterocycles. The summed E-state index contributed by atoms with van der Waals surface area (Å²) in [7, 11) is 0. The summed E-state index contributed by atoms with van der Waals surface area (Å²) in [5, 5.41) is 8.97. The second kappa shape index (κ2) is 6.07. The Bertz CT molecular complexity index is 709. The summed E-state index contributed by atoms with van der Waals surface area (Å²) in [6.07, 6.45) is 0. The Morgan fingerprint density at radius 2 is 1.73 bits per heavy atom. The van der Waals surface area contributed by atoms with Gasteiger partial charge in [-0.25, -0.2) is 4.98 Å². The molecule has 3 rings (SSSR count). The van der Waals surface area contributed by atoms with E-state index in [1.165, 1.54) is 16.8 Å². The minimum atomic E-state index is 0.481. The van der Waals surface area contributed by atoms with Crippen LogP contribution in [0.15, 0.2) is 36.4 Å². The van der Waals surface area contributed by atoms with E-state index in [1.807, 2.05) is 12.1 Å². The molecule has 0 unspecified atom stereocenters. The van der Waals surface area contributed by atoms with Gasteiger partial charge in [0.1, 0.15) is 17.6 Å². The average molecular weight is 292 g/mol. The summed E-state index contributed by atoms with van der Waals surface area (Å²) in [5.41, 5.74) is 4.43. The van der Waals surface area contributed by atoms with E-state index in [0.29, 0.717) is 5.69 Å². The second-order valence-electron chi connectivity index (χ2n) is 5.76. The van der Waals surface area contributed by atoms with Gasteiger partial charge in [-0.2, -0.15) is 5.26 Å². The van der Waals surface area contributed by atoms with E-state index in [1.54, 1.807) is 6.07 Å². The monoisotopic (exact) mass is 292 g/mol. The summed E-state index contributed by atoms with van der Waals surface area (Å²) in [6, 6.07) is 14.3. The third-order valence-electron chi connectivity index (χ3n) is 4.16. The normalized spacial score (nSPS) is 14.8. The highest BCUT2D eigenvalue weighted by Crippen LogP contribution is 2.24. The molecule has 1 aliphatic rings. The van der Waals surface area contributed by atoms with E-state index in [9.17, 15) is 0 Å². The van der Waals surface area contributed by atoms with Gasteiger partial charge in [-0.15, -0.1) is 0 Å². The minimum absolute atomic E-state index is 0.481. The van der Waals surface area contributed by atoms with Gasteiger partial charge < -0.3 is 9.80 Å². The van der Waals surface area contributed by atoms with E-state index in [-0.39, 0.29) is 0 Å². The molecule has 0 saturated carbocycles. The number of benzene rings is 1. The van der Waals surface area contributed by atoms with Gasteiger partial charge in [-0.3, -0.25) is 0 Å². The van der Waals surface area contributed by atoms with Gasteiger partial charge in [-0.1, -0.05) is 18.2 Å². The van der Waals surface area contributed by atoms with Crippen LogP contribution in [0.4, 0.5) is 11.5 Å². The van der Waals surface area contributed by atoms with Gasteiger partial charge >= 0.3 is 0 Å². The number of pyridine rings is 1. The Morgan fingerprint density at radius 1 is 1.00 bits per heavy atom. The molecule has 0 N–H and O–H groups in total. The zero-order valence-electron chi connectivity index (χ0n) is 13.1. The number of hydrogen-bond donors (Lipinski definition) is 0. The first-order valence-electron chi connectivity index (χ1n) is 7.61. The lowest BCUT2D eigenvalue weighted by Crippen LogP contribution is -2.47. The zero-order valence-corrected chi connectivity index (χ0v) is 13.1. The Morgan fingerprint density at radius 3 is 2.45 bits per heavy atom. The standard InChI is InChI=1S/C18H20N4/c1-14-6-7-15(2)17(12-14)21-8-10-22(11-9-21)18-5-3-4-16(13-19)20-18/h3-7,12H,8-11H2,1-2H3. The van der Waals surface area contributed by atoms with Crippen LogP contribution in [0.1, 0.15) is 16.8 Å². The van der Waals surface area contributed by atoms with Crippen LogP contribution in [-0.4, -0.2) is 31.2 Å². The number of aryl methyl sites for hydroxylation is 2. The van der Waals surface area contributed by atoms with Crippen LogP contribution < -0.4 is 9.80 Å². The molecule has 0 aliphatic carbocycles. The van der Waals surface area contributed by atoms with Crippen molar-refractivity contribution in [2.75, 3.05) is 36.0 Å². The highest BCUT2D eigenvalue weighted by Gasteiger charge is 2.19. The summed E-state index contributed by atoms with van der Waals surface area (Å²) in [4.78, 5) is 9.08. The number of rotatable bonds is 2. The number of aromatic nitrogens is 1. The van der Waals surface area contributed by atoms with Gasteiger partial charge in [0.15, 0.2) is 0 Å². The second-order valence-corrected chi connectivity index (χ2v) is 5.76. The molecule has 0 bridgehead atoms. The summed E-state index contributed by atoms with van der Waals surface area (Å²) >= 11 is 0. The van der Waals surface area contributed by atoms with Crippen molar-refractivity contribution >= 4 is 11.5 Å². The van der Waals surface area contributed by atoms with Crippen LogP contribution in [0.5, 0.6) is 0 Å². The Labute approximate surface area is 131 Å². The molecule has 0 atom stereocenters. The number of hydrogen-bond acceptors (Lipinski definition) is 4. The van der Waals surface area contributed by atoms with Crippen LogP contribution in [0, 0.1) is 25.2 Å². The van der Waals surface area contributed by atoms with Gasteiger partial charge in [0.25, 0.3) is 0 Å². The molecule has 1 aromatic carbocycles. The largest absolute Gasteiger partial charge is 0.368 e. The van der Waals surface area contributed by atoms with Crippen LogP contribution in [0.2, 0.25) is 0 Å². The van der Waals surface area contributed by atoms with Gasteiger partial charge in [0, 0.05) is 31.9 Å². The fourth-order valence-corrected chi connectivity index (χ4v) is 2.90. The first-order chi connectivity index (χ1) is 10.7. The molecule has 0 radical (unpaired) electrons. The lowest BCUT2D eigenvalue weighted by molar-refractivity contribution is 0.646. The molecule has 112 valence electrons. The smallest absolute Gasteiger partial charge is 0.142 e. The van der Waals surface area contributed by atoms with Gasteiger partial charge in [0.2, 0.25) is 0 Å². The molecule has 0 spiro atoms. The van der Waals surface area contributed by atoms with Crippen LogP contribution in [-0.2, 0) is 0 Å². The van der Waals surface area contributed by atoms with Crippen molar-refractivity contribution < 1.29 is 0 Å². The summed E-state index contributed by atoms with van der Waals surface area (Å²) < 4.78 is 0. The fraction of sp³-hybridized carbons (Fsp3) is 0.333. The molecule has 1 fully saturated rings. The molecule has 22 heavy (non-hydrogen) atoms. The van der Waals surface area contributed by atoms with E-state index in [0.717, 1.165) is 32.0 Å². The lowest BCUT2D eigenvalue weighted by Gasteiger charge is -2.37. The average Bonchev–Trinajstić information content (AvgIpc) is 2.57. The van der Waals surface area contributed by atoms with Crippen molar-refractivity contribution in [1.82, 2.24) is 4.98 Å². The molecule has 1 aliphatic heterocycles. The number of nitriles is 1. The van der Waals surface area contributed by atoms with Crippen molar-refractivity contribution in [2.24, 2.45) is 0 Å². The molecule has 1 saturated heterocycles. The molecular weight excluding hydrogens is 272 g/mol. The first kappa shape index (κ1) is 14.4. The fourth-order valence-electron chi connectivity index (χ4n) is 2.90. The highest BCUT2D eigenvalue weighted by atomic mass is 15.3. The summed E-state index contributed by atoms with van der Waals surface area (Å²) in [6.45, 7) is 8.10. The third-order valence-corrected chi connectivity index (χ3v) is 4.16. The Hall–Kier alpha value is -2.54. The van der Waals surface area contributed by atoms with E-state index in [4.69, 9.17) is 5.26 Å². The topological polar surface area (TPSA) is 43.2 Å². The molecule has 4 nitrogen and oxygen atoms in total. The van der Waals surface area contributed by atoms with Crippen LogP contribution >= 0.6 is 0 Å². The lowest BCUT2D eigenvalue weighted by atomic mass is 10.1. The molecule has 2 heterocycles. The van der Waals surface area contributed by atoms with E-state index >= 15 is 0 Å². The number of piperazine rings is 1. The van der Waals surface area contributed by atoms with Gasteiger partial charge in [-0.05, 0) is 43.2 Å². The third kappa shape index (κ3) is 2.89. The van der Waals surface area contributed by atoms with Crippen molar-refractivity contribution in [3.63, 3.8) is 0 Å². The maximum absolute atomic E-state index is 8.97. The number of anilines is 2. The Balaban J connectivity index is 1.72. The van der Waals surface area contributed by atoms with Gasteiger partial charge in [0.05, 0.1) is 0 Å². The van der Waals surface area contributed by atoms with Crippen molar-refractivity contribution in [1.29, 1.82) is 5.26 Å². The number of nitrogens with zero attached hydrogens (tertiary/aromatic N) is 4. The van der Waals surface area contributed by atoms with Crippen molar-refractivity contribution in [3.8, 4) is 6.07 Å². The van der Waals surface area contributed by atoms with E-state index in [2.05, 4.69) is 52.9 Å². The maximum atomic E-state index is 8.97. The molecule has 4 heteroatoms. The van der Waals surface area contributed by atoms with E-state index < -0.39 is 0 Å². The van der Waals surface area contributed by atoms with Crippen molar-refractivity contribution in [2.45, 2.75) is 13.8 Å². The quantitative estimate of drug-likeness (QED) is 0.853. The Kier molecular flexibility index (Phi) is 3.97. The predicted octanol–water partition coefficient (Wildman–Crippen LogP) is 2.90. The van der Waals surface area contributed by atoms with Crippen LogP contribution in [0.3, 0.4) is 0 Å². The zero-order chi connectivity index (χ0) is 15.5. The SMILES string of the molecule is Cc1ccc(C)c(N2CCN(c3cccc(C#N)n3)CC2)c1. The van der Waals surface area contributed by atoms with Crippen molar-refractivity contribution in [3.05, 3.63) is 53.2 Å². The molecule has 0 amide bonds. The molecule has 2 aromatic rings. The molecular formula is C18H20N4. The maximum Gasteiger partial charge on any atom is 0.142 e. The highest BCUT2D eigenvalue weighted by molar-refractivity contribution is 5.56. The summed E-state index contributed by atoms with van der Waals surface area (Å²) in [5.74, 6) is 0.902. The predicted molar refractivity (Wildman–Crippen MR) is 89.3 cm³/mol. The van der Waals surface area contributed by atoms with Crippen LogP contribution in [0.25, 0.3) is 0 Å². The first-order valence-corrected chi connectivity index (χ1v) is 7.61.